The Bertz CT molecular complexity index is 409. The van der Waals surface area contributed by atoms with Gasteiger partial charge in [-0.25, -0.2) is 0 Å². The van der Waals surface area contributed by atoms with Crippen LogP contribution in [-0.4, -0.2) is 76.4 Å². The monoisotopic (exact) mass is 394 g/mol. The van der Waals surface area contributed by atoms with Gasteiger partial charge in [-0.05, 0) is 40.5 Å². The van der Waals surface area contributed by atoms with Gasteiger partial charge in [0.2, 0.25) is 0 Å². The van der Waals surface area contributed by atoms with Crippen molar-refractivity contribution in [3.05, 3.63) is 0 Å². The molecule has 4 N–H and O–H groups in total. The van der Waals surface area contributed by atoms with Crippen LogP contribution in [0.15, 0.2) is 0 Å². The van der Waals surface area contributed by atoms with Crippen LogP contribution in [0.4, 0.5) is 0 Å². The maximum Gasteiger partial charge on any atom is 0.306 e. The van der Waals surface area contributed by atoms with Gasteiger partial charge < -0.3 is 34.6 Å². The van der Waals surface area contributed by atoms with Crippen LogP contribution < -0.4 is 0 Å². The predicted molar refractivity (Wildman–Crippen MR) is 99.9 cm³/mol. The van der Waals surface area contributed by atoms with E-state index in [0.717, 1.165) is 6.42 Å². The van der Waals surface area contributed by atoms with Gasteiger partial charge in [0.05, 0.1) is 12.2 Å². The largest absolute Gasteiger partial charge is 0.460 e. The Morgan fingerprint density at radius 3 is 2.07 bits per heavy atom. The highest BCUT2D eigenvalue weighted by molar-refractivity contribution is 5.69. The average molecular weight is 395 g/mol. The molecule has 0 aliphatic carbocycles. The van der Waals surface area contributed by atoms with Crippen molar-refractivity contribution < 1.29 is 39.4 Å². The highest BCUT2D eigenvalue weighted by atomic mass is 16.7. The van der Waals surface area contributed by atoms with Crippen LogP contribution >= 0.6 is 0 Å². The second kappa shape index (κ2) is 12.6. The highest BCUT2D eigenvalue weighted by Gasteiger charge is 2.35. The lowest BCUT2D eigenvalue weighted by molar-refractivity contribution is -0.234. The third-order valence-corrected chi connectivity index (χ3v) is 4.11. The van der Waals surface area contributed by atoms with Crippen LogP contribution in [0.2, 0.25) is 0 Å². The Morgan fingerprint density at radius 2 is 1.59 bits per heavy atom. The summed E-state index contributed by atoms with van der Waals surface area (Å²) in [4.78, 5) is 11.7. The van der Waals surface area contributed by atoms with Gasteiger partial charge in [0.1, 0.15) is 17.8 Å². The average Bonchev–Trinajstić information content (AvgIpc) is 2.59. The van der Waals surface area contributed by atoms with Gasteiger partial charge in [-0.2, -0.15) is 0 Å². The number of hydrogen-bond donors (Lipinski definition) is 4. The third kappa shape index (κ3) is 11.0. The summed E-state index contributed by atoms with van der Waals surface area (Å²) in [7, 11) is 1.33. The highest BCUT2D eigenvalue weighted by Crippen LogP contribution is 2.18. The van der Waals surface area contributed by atoms with E-state index in [4.69, 9.17) is 19.3 Å². The molecule has 0 saturated heterocycles. The Labute approximate surface area is 162 Å². The van der Waals surface area contributed by atoms with E-state index in [1.165, 1.54) is 7.11 Å². The van der Waals surface area contributed by atoms with Crippen LogP contribution in [0.1, 0.15) is 60.3 Å². The van der Waals surface area contributed by atoms with Crippen molar-refractivity contribution in [2.75, 3.05) is 13.7 Å². The Kier molecular flexibility index (Phi) is 12.3. The van der Waals surface area contributed by atoms with E-state index in [2.05, 4.69) is 0 Å². The summed E-state index contributed by atoms with van der Waals surface area (Å²) < 4.78 is 15.9. The minimum Gasteiger partial charge on any atom is -0.460 e. The van der Waals surface area contributed by atoms with Crippen LogP contribution in [0.3, 0.4) is 0 Å². The third-order valence-electron chi connectivity index (χ3n) is 4.11. The van der Waals surface area contributed by atoms with Crippen molar-refractivity contribution in [1.82, 2.24) is 0 Å². The van der Waals surface area contributed by atoms with Crippen molar-refractivity contribution in [3.63, 3.8) is 0 Å². The van der Waals surface area contributed by atoms with Crippen LogP contribution in [-0.2, 0) is 19.0 Å². The van der Waals surface area contributed by atoms with Crippen molar-refractivity contribution in [2.45, 2.75) is 96.6 Å². The number of ether oxygens (including phenoxy) is 3. The molecule has 0 radical (unpaired) electrons. The number of carbonyl (C=O) groups is 1. The molecule has 162 valence electrons. The molecule has 0 aromatic rings. The lowest BCUT2D eigenvalue weighted by Gasteiger charge is -2.32. The number of unbranched alkanes of at least 4 members (excludes halogenated alkanes) is 1. The summed E-state index contributed by atoms with van der Waals surface area (Å²) in [6.45, 7) is 8.50. The van der Waals surface area contributed by atoms with Gasteiger partial charge in [-0.15, -0.1) is 0 Å². The first-order valence-corrected chi connectivity index (χ1v) is 9.48. The first kappa shape index (κ1) is 26.2. The Balaban J connectivity index is 4.32. The molecule has 8 heteroatoms. The molecule has 6 atom stereocenters. The Morgan fingerprint density at radius 1 is 1.00 bits per heavy atom. The minimum atomic E-state index is -1.52. The molecule has 27 heavy (non-hydrogen) atoms. The molecule has 0 amide bonds. The second-order valence-corrected chi connectivity index (χ2v) is 8.01. The molecule has 0 fully saturated rings. The van der Waals surface area contributed by atoms with Crippen molar-refractivity contribution in [3.8, 4) is 0 Å². The van der Waals surface area contributed by atoms with Crippen molar-refractivity contribution >= 4 is 5.97 Å². The van der Waals surface area contributed by atoms with Crippen molar-refractivity contribution in [1.29, 1.82) is 0 Å². The molecular weight excluding hydrogens is 356 g/mol. The van der Waals surface area contributed by atoms with E-state index in [0.29, 0.717) is 19.3 Å². The number of aliphatic hydroxyl groups excluding tert-OH is 4. The maximum absolute atomic E-state index is 11.7. The van der Waals surface area contributed by atoms with Gasteiger partial charge in [-0.3, -0.25) is 4.79 Å². The molecule has 8 nitrogen and oxygen atoms in total. The maximum atomic E-state index is 11.7. The summed E-state index contributed by atoms with van der Waals surface area (Å²) in [5.41, 5.74) is -0.492. The number of esters is 1. The van der Waals surface area contributed by atoms with Crippen LogP contribution in [0.25, 0.3) is 0 Å². The summed E-state index contributed by atoms with van der Waals surface area (Å²) in [5, 5.41) is 39.2. The quantitative estimate of drug-likeness (QED) is 0.207. The van der Waals surface area contributed by atoms with Gasteiger partial charge in [0.15, 0.2) is 6.29 Å². The molecule has 0 spiro atoms. The van der Waals surface area contributed by atoms with Gasteiger partial charge >= 0.3 is 5.97 Å². The molecule has 0 rings (SSSR count). The molecule has 6 unspecified atom stereocenters. The second-order valence-electron chi connectivity index (χ2n) is 8.01. The summed E-state index contributed by atoms with van der Waals surface area (Å²) in [6, 6.07) is 0. The zero-order chi connectivity index (χ0) is 21.2. The topological polar surface area (TPSA) is 126 Å². The molecule has 0 aliphatic rings. The standard InChI is InChI=1S/C19H38O8/c1-12(11-20)15(22)16(23)17(24)18(25-6)26-13(2)9-7-8-10-14(21)27-19(3,4)5/h12-13,15-18,20,22-24H,7-11H2,1-6H3. The normalized spacial score (nSPS) is 19.0. The molecule has 0 bridgehead atoms. The smallest absolute Gasteiger partial charge is 0.306 e. The fourth-order valence-corrected chi connectivity index (χ4v) is 2.47. The van der Waals surface area contributed by atoms with Gasteiger partial charge in [-0.1, -0.05) is 13.3 Å². The molecule has 0 aromatic carbocycles. The molecular formula is C19H38O8. The summed E-state index contributed by atoms with van der Waals surface area (Å²) in [6.07, 6.45) is -3.39. The van der Waals surface area contributed by atoms with Gasteiger partial charge in [0, 0.05) is 26.1 Å². The summed E-state index contributed by atoms with van der Waals surface area (Å²) in [5.74, 6) is -0.839. The van der Waals surface area contributed by atoms with E-state index in [-0.39, 0.29) is 18.7 Å². The fraction of sp³-hybridized carbons (Fsp3) is 0.947. The zero-order valence-electron chi connectivity index (χ0n) is 17.4. The predicted octanol–water partition coefficient (Wildman–Crippen LogP) is 0.977. The zero-order valence-corrected chi connectivity index (χ0v) is 17.4. The molecule has 0 aliphatic heterocycles. The SMILES string of the molecule is COC(OC(C)CCCCC(=O)OC(C)(C)C)C(O)C(O)C(O)C(C)CO. The molecule has 0 saturated carbocycles. The van der Waals surface area contributed by atoms with Gasteiger partial charge in [0.25, 0.3) is 0 Å². The lowest BCUT2D eigenvalue weighted by Crippen LogP contribution is -2.49. The summed E-state index contributed by atoms with van der Waals surface area (Å²) >= 11 is 0. The fourth-order valence-electron chi connectivity index (χ4n) is 2.47. The number of hydrogen-bond acceptors (Lipinski definition) is 8. The lowest BCUT2D eigenvalue weighted by atomic mass is 9.96. The number of carbonyl (C=O) groups excluding carboxylic acids is 1. The number of aliphatic hydroxyl groups is 4. The first-order chi connectivity index (χ1) is 12.4. The van der Waals surface area contributed by atoms with E-state index in [1.54, 1.807) is 13.8 Å². The van der Waals surface area contributed by atoms with E-state index in [1.807, 2.05) is 20.8 Å². The number of methoxy groups -OCH3 is 1. The minimum absolute atomic E-state index is 0.239. The van der Waals surface area contributed by atoms with E-state index >= 15 is 0 Å². The van der Waals surface area contributed by atoms with Crippen LogP contribution in [0.5, 0.6) is 0 Å². The van der Waals surface area contributed by atoms with E-state index in [9.17, 15) is 20.1 Å². The molecule has 0 heterocycles. The molecule has 0 aromatic heterocycles. The Hall–Kier alpha value is -0.770. The van der Waals surface area contributed by atoms with Crippen molar-refractivity contribution in [2.24, 2.45) is 5.92 Å². The van der Waals surface area contributed by atoms with E-state index < -0.39 is 36.1 Å². The number of rotatable bonds is 13. The van der Waals surface area contributed by atoms with Crippen LogP contribution in [0, 0.1) is 5.92 Å². The first-order valence-electron chi connectivity index (χ1n) is 9.48.